The smallest absolute Gasteiger partial charge is 0.339 e. The second-order valence-corrected chi connectivity index (χ2v) is 8.17. The minimum atomic E-state index is -0.845. The third kappa shape index (κ3) is 2.05. The van der Waals surface area contributed by atoms with Crippen molar-refractivity contribution in [2.75, 3.05) is 0 Å². The van der Waals surface area contributed by atoms with Crippen LogP contribution < -0.4 is 0 Å². The molecule has 0 amide bonds. The minimum absolute atomic E-state index is 0.00248. The maximum absolute atomic E-state index is 11.9. The highest BCUT2D eigenvalue weighted by molar-refractivity contribution is 5.89. The molecule has 0 unspecified atom stereocenters. The lowest BCUT2D eigenvalue weighted by atomic mass is 9.48. The Morgan fingerprint density at radius 2 is 1.62 bits per heavy atom. The first-order valence-corrected chi connectivity index (χ1v) is 9.02. The largest absolute Gasteiger partial charge is 0.478 e. The topological polar surface area (TPSA) is 55.1 Å². The quantitative estimate of drug-likeness (QED) is 0.928. The Balaban J connectivity index is 1.63. The molecule has 0 radical (unpaired) electrons. The van der Waals surface area contributed by atoms with E-state index in [1.165, 1.54) is 19.3 Å². The van der Waals surface area contributed by atoms with Crippen molar-refractivity contribution in [1.82, 2.24) is 9.78 Å². The van der Waals surface area contributed by atoms with Gasteiger partial charge in [-0.25, -0.2) is 9.48 Å². The van der Waals surface area contributed by atoms with Gasteiger partial charge in [-0.15, -0.1) is 0 Å². The summed E-state index contributed by atoms with van der Waals surface area (Å²) in [5, 5.41) is 14.6. The van der Waals surface area contributed by atoms with Crippen LogP contribution >= 0.6 is 0 Å². The number of benzene rings is 1. The number of carboxylic acids is 1. The number of aromatic nitrogens is 2. The van der Waals surface area contributed by atoms with Crippen LogP contribution in [0.4, 0.5) is 0 Å². The molecule has 2 aromatic rings. The van der Waals surface area contributed by atoms with E-state index in [9.17, 15) is 9.90 Å². The van der Waals surface area contributed by atoms with Crippen molar-refractivity contribution in [3.63, 3.8) is 0 Å². The molecular formula is C20H22N2O2. The fourth-order valence-electron chi connectivity index (χ4n) is 6.04. The monoisotopic (exact) mass is 322 g/mol. The third-order valence-corrected chi connectivity index (χ3v) is 6.51. The zero-order valence-electron chi connectivity index (χ0n) is 13.7. The summed E-state index contributed by atoms with van der Waals surface area (Å²) in [6.07, 6.45) is 9.15. The lowest BCUT2D eigenvalue weighted by molar-refractivity contribution is -0.00795. The standard InChI is InChI=1S/C20H22N2O2/c23-19(24)17-12-22(16-4-2-1-3-5-16)21-18(17)20-9-13-6-14(10-20)8-15(7-13)11-20/h1-5,12-15H,6-11H2,(H,23,24). The lowest BCUT2D eigenvalue weighted by Crippen LogP contribution is -2.49. The number of nitrogens with zero attached hydrogens (tertiary/aromatic N) is 2. The zero-order valence-corrected chi connectivity index (χ0v) is 13.7. The molecule has 0 spiro atoms. The molecular weight excluding hydrogens is 300 g/mol. The number of hydrogen-bond donors (Lipinski definition) is 1. The summed E-state index contributed by atoms with van der Waals surface area (Å²) < 4.78 is 1.76. The lowest BCUT2D eigenvalue weighted by Gasteiger charge is -2.56. The van der Waals surface area contributed by atoms with Gasteiger partial charge in [0.25, 0.3) is 0 Å². The van der Waals surface area contributed by atoms with E-state index >= 15 is 0 Å². The van der Waals surface area contributed by atoms with E-state index in [1.54, 1.807) is 10.9 Å². The van der Waals surface area contributed by atoms with Crippen LogP contribution in [0.1, 0.15) is 54.6 Å². The summed E-state index contributed by atoms with van der Waals surface area (Å²) in [5.74, 6) is 1.49. The first-order valence-electron chi connectivity index (χ1n) is 9.02. The molecule has 24 heavy (non-hydrogen) atoms. The van der Waals surface area contributed by atoms with Crippen molar-refractivity contribution >= 4 is 5.97 Å². The molecule has 4 fully saturated rings. The molecule has 4 heteroatoms. The van der Waals surface area contributed by atoms with Crippen molar-refractivity contribution in [3.8, 4) is 5.69 Å². The highest BCUT2D eigenvalue weighted by atomic mass is 16.4. The number of hydrogen-bond acceptors (Lipinski definition) is 2. The fraction of sp³-hybridized carbons (Fsp3) is 0.500. The molecule has 1 N–H and O–H groups in total. The van der Waals surface area contributed by atoms with Gasteiger partial charge >= 0.3 is 5.97 Å². The Hall–Kier alpha value is -2.10. The molecule has 4 nitrogen and oxygen atoms in total. The van der Waals surface area contributed by atoms with Gasteiger partial charge in [-0.3, -0.25) is 0 Å². The summed E-state index contributed by atoms with van der Waals surface area (Å²) in [7, 11) is 0. The van der Waals surface area contributed by atoms with Gasteiger partial charge in [-0.05, 0) is 68.4 Å². The second kappa shape index (κ2) is 4.95. The molecule has 1 aromatic heterocycles. The van der Waals surface area contributed by atoms with Gasteiger partial charge in [0.2, 0.25) is 0 Å². The molecule has 0 saturated heterocycles. The normalized spacial score (nSPS) is 33.8. The van der Waals surface area contributed by atoms with Crippen molar-refractivity contribution in [2.45, 2.75) is 43.9 Å². The van der Waals surface area contributed by atoms with E-state index in [2.05, 4.69) is 0 Å². The number of aromatic carboxylic acids is 1. The summed E-state index contributed by atoms with van der Waals surface area (Å²) >= 11 is 0. The number of para-hydroxylation sites is 1. The molecule has 6 rings (SSSR count). The second-order valence-electron chi connectivity index (χ2n) is 8.17. The van der Waals surface area contributed by atoms with Crippen molar-refractivity contribution < 1.29 is 9.90 Å². The Morgan fingerprint density at radius 3 is 2.17 bits per heavy atom. The van der Waals surface area contributed by atoms with Crippen LogP contribution in [-0.4, -0.2) is 20.9 Å². The van der Waals surface area contributed by atoms with E-state index in [4.69, 9.17) is 5.10 Å². The molecule has 124 valence electrons. The average molecular weight is 322 g/mol. The van der Waals surface area contributed by atoms with Gasteiger partial charge in [0.05, 0.1) is 11.4 Å². The van der Waals surface area contributed by atoms with Crippen LogP contribution in [0.25, 0.3) is 5.69 Å². The van der Waals surface area contributed by atoms with E-state index in [0.717, 1.165) is 48.4 Å². The summed E-state index contributed by atoms with van der Waals surface area (Å²) in [4.78, 5) is 11.9. The van der Waals surface area contributed by atoms with Gasteiger partial charge in [0.1, 0.15) is 5.56 Å². The molecule has 1 aromatic carbocycles. The number of carbonyl (C=O) groups is 1. The molecule has 0 aliphatic heterocycles. The molecule has 0 atom stereocenters. The summed E-state index contributed by atoms with van der Waals surface area (Å²) in [5.41, 5.74) is 2.18. The van der Waals surface area contributed by atoms with Crippen LogP contribution in [0.3, 0.4) is 0 Å². The maximum atomic E-state index is 11.9. The molecule has 4 saturated carbocycles. The van der Waals surface area contributed by atoms with Crippen LogP contribution in [0.15, 0.2) is 36.5 Å². The molecule has 4 aliphatic rings. The fourth-order valence-corrected chi connectivity index (χ4v) is 6.04. The van der Waals surface area contributed by atoms with E-state index in [-0.39, 0.29) is 5.41 Å². The SMILES string of the molecule is O=C(O)c1cn(-c2ccccc2)nc1C12CC3CC(CC(C3)C1)C2. The Morgan fingerprint density at radius 1 is 1.04 bits per heavy atom. The first-order chi connectivity index (χ1) is 11.6. The van der Waals surface area contributed by atoms with Crippen LogP contribution in [0, 0.1) is 17.8 Å². The minimum Gasteiger partial charge on any atom is -0.478 e. The molecule has 4 aliphatic carbocycles. The average Bonchev–Trinajstić information content (AvgIpc) is 3.01. The maximum Gasteiger partial charge on any atom is 0.339 e. The zero-order chi connectivity index (χ0) is 16.3. The molecule has 1 heterocycles. The van der Waals surface area contributed by atoms with E-state index in [1.807, 2.05) is 30.3 Å². The van der Waals surface area contributed by atoms with Gasteiger partial charge in [0, 0.05) is 11.6 Å². The van der Waals surface area contributed by atoms with Crippen molar-refractivity contribution in [2.24, 2.45) is 17.8 Å². The highest BCUT2D eigenvalue weighted by Crippen LogP contribution is 2.60. The Labute approximate surface area is 141 Å². The van der Waals surface area contributed by atoms with Crippen LogP contribution in [0.2, 0.25) is 0 Å². The van der Waals surface area contributed by atoms with Gasteiger partial charge in [0.15, 0.2) is 0 Å². The van der Waals surface area contributed by atoms with Crippen molar-refractivity contribution in [1.29, 1.82) is 0 Å². The highest BCUT2D eigenvalue weighted by Gasteiger charge is 2.53. The third-order valence-electron chi connectivity index (χ3n) is 6.51. The number of carboxylic acid groups (broad SMARTS) is 1. The first kappa shape index (κ1) is 14.3. The van der Waals surface area contributed by atoms with E-state index < -0.39 is 5.97 Å². The number of rotatable bonds is 3. The predicted octanol–water partition coefficient (Wildman–Crippen LogP) is 4.04. The Bertz CT molecular complexity index is 758. The van der Waals surface area contributed by atoms with Crippen LogP contribution in [-0.2, 0) is 5.41 Å². The van der Waals surface area contributed by atoms with Crippen molar-refractivity contribution in [3.05, 3.63) is 47.8 Å². The van der Waals surface area contributed by atoms with Gasteiger partial charge < -0.3 is 5.11 Å². The molecule has 4 bridgehead atoms. The van der Waals surface area contributed by atoms with E-state index in [0.29, 0.717) is 5.56 Å². The van der Waals surface area contributed by atoms with Crippen LogP contribution in [0.5, 0.6) is 0 Å². The summed E-state index contributed by atoms with van der Waals surface area (Å²) in [6, 6.07) is 9.83. The predicted molar refractivity (Wildman–Crippen MR) is 90.4 cm³/mol. The van der Waals surface area contributed by atoms with Gasteiger partial charge in [-0.2, -0.15) is 5.10 Å². The Kier molecular flexibility index (Phi) is 2.94. The summed E-state index contributed by atoms with van der Waals surface area (Å²) in [6.45, 7) is 0. The van der Waals surface area contributed by atoms with Gasteiger partial charge in [-0.1, -0.05) is 18.2 Å².